The maximum absolute atomic E-state index is 13.8. The van der Waals surface area contributed by atoms with E-state index in [-0.39, 0.29) is 22.5 Å². The van der Waals surface area contributed by atoms with Gasteiger partial charge in [0.15, 0.2) is 0 Å². The summed E-state index contributed by atoms with van der Waals surface area (Å²) >= 11 is 5.71. The Kier molecular flexibility index (Phi) is 5.43. The van der Waals surface area contributed by atoms with Crippen molar-refractivity contribution < 1.29 is 9.18 Å². The zero-order valence-electron chi connectivity index (χ0n) is 13.2. The van der Waals surface area contributed by atoms with E-state index in [0.29, 0.717) is 0 Å². The number of nitrogens with one attached hydrogen (secondary N) is 1. The van der Waals surface area contributed by atoms with Crippen molar-refractivity contribution in [2.45, 2.75) is 25.4 Å². The monoisotopic (exact) mass is 347 g/mol. The molecule has 1 N–H and O–H groups in total. The molecule has 1 saturated heterocycles. The van der Waals surface area contributed by atoms with Crippen LogP contribution in [0.3, 0.4) is 0 Å². The molecule has 0 aliphatic carbocycles. The summed E-state index contributed by atoms with van der Waals surface area (Å²) in [5.41, 5.74) is 1.22. The highest BCUT2D eigenvalue weighted by molar-refractivity contribution is 6.30. The summed E-state index contributed by atoms with van der Waals surface area (Å²) in [6.45, 7) is 2.65. The molecule has 0 bridgehead atoms. The van der Waals surface area contributed by atoms with E-state index in [9.17, 15) is 9.18 Å². The number of piperidine rings is 1. The van der Waals surface area contributed by atoms with E-state index in [0.717, 1.165) is 38.5 Å². The van der Waals surface area contributed by atoms with E-state index in [2.05, 4.69) is 21.3 Å². The molecule has 1 aliphatic rings. The van der Waals surface area contributed by atoms with E-state index in [1.165, 1.54) is 17.7 Å². The minimum Gasteiger partial charge on any atom is -0.349 e. The van der Waals surface area contributed by atoms with Crippen molar-refractivity contribution in [3.63, 3.8) is 0 Å². The summed E-state index contributed by atoms with van der Waals surface area (Å²) in [7, 11) is 0. The van der Waals surface area contributed by atoms with Crippen molar-refractivity contribution in [2.75, 3.05) is 13.1 Å². The number of rotatable bonds is 4. The zero-order valence-corrected chi connectivity index (χ0v) is 14.0. The van der Waals surface area contributed by atoms with Crippen LogP contribution in [0.5, 0.6) is 0 Å². The second kappa shape index (κ2) is 7.73. The van der Waals surface area contributed by atoms with Gasteiger partial charge < -0.3 is 5.32 Å². The minimum atomic E-state index is -0.589. The molecule has 0 atom stereocenters. The second-order valence-electron chi connectivity index (χ2n) is 6.01. The van der Waals surface area contributed by atoms with Gasteiger partial charge in [0.05, 0.1) is 5.56 Å². The molecule has 126 valence electrons. The molecule has 1 aromatic heterocycles. The third kappa shape index (κ3) is 4.30. The standard InChI is InChI=1S/C18H19ClFN3O/c19-14-3-4-16(17(20)10-14)18(24)22-15-5-8-23(9-6-15)12-13-2-1-7-21-11-13/h1-4,7,10-11,15H,5-6,8-9,12H2,(H,22,24). The summed E-state index contributed by atoms with van der Waals surface area (Å²) in [6, 6.07) is 8.17. The first-order valence-electron chi connectivity index (χ1n) is 7.99. The van der Waals surface area contributed by atoms with Crippen LogP contribution in [0.1, 0.15) is 28.8 Å². The van der Waals surface area contributed by atoms with E-state index >= 15 is 0 Å². The number of pyridine rings is 1. The average molecular weight is 348 g/mol. The topological polar surface area (TPSA) is 45.2 Å². The van der Waals surface area contributed by atoms with Crippen LogP contribution in [0.2, 0.25) is 5.02 Å². The predicted molar refractivity (Wildman–Crippen MR) is 91.4 cm³/mol. The maximum Gasteiger partial charge on any atom is 0.254 e. The molecule has 1 fully saturated rings. The lowest BCUT2D eigenvalue weighted by Gasteiger charge is -2.32. The Balaban J connectivity index is 1.51. The lowest BCUT2D eigenvalue weighted by Crippen LogP contribution is -2.44. The van der Waals surface area contributed by atoms with Gasteiger partial charge in [-0.15, -0.1) is 0 Å². The van der Waals surface area contributed by atoms with Gasteiger partial charge in [-0.05, 0) is 42.7 Å². The molecule has 6 heteroatoms. The van der Waals surface area contributed by atoms with Gasteiger partial charge in [-0.2, -0.15) is 0 Å². The fourth-order valence-electron chi connectivity index (χ4n) is 2.92. The molecule has 1 aromatic carbocycles. The van der Waals surface area contributed by atoms with Crippen molar-refractivity contribution in [2.24, 2.45) is 0 Å². The first-order valence-corrected chi connectivity index (χ1v) is 8.37. The number of likely N-dealkylation sites (tertiary alicyclic amines) is 1. The Hall–Kier alpha value is -1.98. The fourth-order valence-corrected chi connectivity index (χ4v) is 3.08. The van der Waals surface area contributed by atoms with Crippen molar-refractivity contribution in [1.82, 2.24) is 15.2 Å². The Labute approximate surface area is 145 Å². The van der Waals surface area contributed by atoms with Gasteiger partial charge >= 0.3 is 0 Å². The molecule has 3 rings (SSSR count). The molecule has 1 amide bonds. The number of nitrogens with zero attached hydrogens (tertiary/aromatic N) is 2. The average Bonchev–Trinajstić information content (AvgIpc) is 2.57. The summed E-state index contributed by atoms with van der Waals surface area (Å²) in [5, 5.41) is 3.20. The summed E-state index contributed by atoms with van der Waals surface area (Å²) in [4.78, 5) is 18.7. The number of hydrogen-bond acceptors (Lipinski definition) is 3. The normalized spacial score (nSPS) is 16.1. The molecule has 1 aliphatic heterocycles. The van der Waals surface area contributed by atoms with Gasteiger partial charge in [0, 0.05) is 43.1 Å². The first kappa shape index (κ1) is 16.9. The molecular weight excluding hydrogens is 329 g/mol. The van der Waals surface area contributed by atoms with Crippen LogP contribution in [0.4, 0.5) is 4.39 Å². The lowest BCUT2D eigenvalue weighted by atomic mass is 10.0. The zero-order chi connectivity index (χ0) is 16.9. The Morgan fingerprint density at radius 1 is 1.33 bits per heavy atom. The number of hydrogen-bond donors (Lipinski definition) is 1. The molecule has 24 heavy (non-hydrogen) atoms. The molecule has 4 nitrogen and oxygen atoms in total. The Morgan fingerprint density at radius 3 is 2.79 bits per heavy atom. The number of amides is 1. The quantitative estimate of drug-likeness (QED) is 0.923. The number of halogens is 2. The fraction of sp³-hybridized carbons (Fsp3) is 0.333. The highest BCUT2D eigenvalue weighted by atomic mass is 35.5. The van der Waals surface area contributed by atoms with E-state index < -0.39 is 5.82 Å². The van der Waals surface area contributed by atoms with Gasteiger partial charge in [0.1, 0.15) is 5.82 Å². The van der Waals surface area contributed by atoms with Crippen LogP contribution in [-0.2, 0) is 6.54 Å². The number of carbonyl (C=O) groups is 1. The van der Waals surface area contributed by atoms with Crippen LogP contribution >= 0.6 is 11.6 Å². The summed E-state index contributed by atoms with van der Waals surface area (Å²) < 4.78 is 13.8. The Morgan fingerprint density at radius 2 is 2.12 bits per heavy atom. The SMILES string of the molecule is O=C(NC1CCN(Cc2cccnc2)CC1)c1ccc(Cl)cc1F. The second-order valence-corrected chi connectivity index (χ2v) is 6.45. The van der Waals surface area contributed by atoms with Crippen LogP contribution < -0.4 is 5.32 Å². The van der Waals surface area contributed by atoms with E-state index in [4.69, 9.17) is 11.6 Å². The molecular formula is C18H19ClFN3O. The van der Waals surface area contributed by atoms with Gasteiger partial charge in [-0.1, -0.05) is 17.7 Å². The largest absolute Gasteiger partial charge is 0.349 e. The van der Waals surface area contributed by atoms with Gasteiger partial charge in [-0.3, -0.25) is 14.7 Å². The van der Waals surface area contributed by atoms with Gasteiger partial charge in [-0.25, -0.2) is 4.39 Å². The van der Waals surface area contributed by atoms with Gasteiger partial charge in [0.25, 0.3) is 5.91 Å². The Bertz CT molecular complexity index is 703. The highest BCUT2D eigenvalue weighted by Crippen LogP contribution is 2.17. The van der Waals surface area contributed by atoms with Crippen molar-refractivity contribution in [1.29, 1.82) is 0 Å². The molecule has 0 spiro atoms. The third-order valence-corrected chi connectivity index (χ3v) is 4.46. The van der Waals surface area contributed by atoms with Crippen molar-refractivity contribution in [3.8, 4) is 0 Å². The molecule has 0 unspecified atom stereocenters. The van der Waals surface area contributed by atoms with Crippen LogP contribution in [0.15, 0.2) is 42.7 Å². The van der Waals surface area contributed by atoms with Crippen molar-refractivity contribution >= 4 is 17.5 Å². The molecule has 2 heterocycles. The number of benzene rings is 1. The third-order valence-electron chi connectivity index (χ3n) is 4.23. The molecule has 0 radical (unpaired) electrons. The lowest BCUT2D eigenvalue weighted by molar-refractivity contribution is 0.0905. The van der Waals surface area contributed by atoms with Crippen molar-refractivity contribution in [3.05, 3.63) is 64.7 Å². The molecule has 2 aromatic rings. The van der Waals surface area contributed by atoms with Crippen LogP contribution in [-0.4, -0.2) is 34.9 Å². The van der Waals surface area contributed by atoms with Crippen LogP contribution in [0, 0.1) is 5.82 Å². The minimum absolute atomic E-state index is 0.0391. The van der Waals surface area contributed by atoms with Gasteiger partial charge in [0.2, 0.25) is 0 Å². The maximum atomic E-state index is 13.8. The number of carbonyl (C=O) groups excluding carboxylic acids is 1. The summed E-state index contributed by atoms with van der Waals surface area (Å²) in [6.07, 6.45) is 5.33. The van der Waals surface area contributed by atoms with E-state index in [1.54, 1.807) is 6.20 Å². The molecule has 0 saturated carbocycles. The summed E-state index contributed by atoms with van der Waals surface area (Å²) in [5.74, 6) is -0.969. The number of aromatic nitrogens is 1. The van der Waals surface area contributed by atoms with Crippen LogP contribution in [0.25, 0.3) is 0 Å². The predicted octanol–water partition coefficient (Wildman–Crippen LogP) is 3.27. The highest BCUT2D eigenvalue weighted by Gasteiger charge is 2.22. The van der Waals surface area contributed by atoms with E-state index in [1.807, 2.05) is 12.3 Å². The first-order chi connectivity index (χ1) is 11.6. The smallest absolute Gasteiger partial charge is 0.254 e.